The molecule has 1 unspecified atom stereocenters. The molecule has 0 amide bonds. The Morgan fingerprint density at radius 1 is 0.867 bits per heavy atom. The van der Waals surface area contributed by atoms with Crippen LogP contribution in [-0.4, -0.2) is 67.1 Å². The van der Waals surface area contributed by atoms with Crippen LogP contribution in [0.2, 0.25) is 0 Å². The second kappa shape index (κ2) is 12.3. The highest BCUT2D eigenvalue weighted by Crippen LogP contribution is 2.32. The zero-order valence-corrected chi connectivity index (χ0v) is 18.4. The van der Waals surface area contributed by atoms with Gasteiger partial charge in [-0.2, -0.15) is 0 Å². The van der Waals surface area contributed by atoms with Gasteiger partial charge in [-0.1, -0.05) is 36.4 Å². The monoisotopic (exact) mass is 454 g/mol. The van der Waals surface area contributed by atoms with Crippen molar-refractivity contribution in [1.82, 2.24) is 9.80 Å². The lowest BCUT2D eigenvalue weighted by Crippen LogP contribution is -3.00. The number of fused-ring (bicyclic) bond motifs is 1. The van der Waals surface area contributed by atoms with Crippen molar-refractivity contribution in [1.29, 1.82) is 0 Å². The number of hydrogen-bond acceptors (Lipinski definition) is 6. The van der Waals surface area contributed by atoms with E-state index < -0.39 is 6.10 Å². The smallest absolute Gasteiger partial charge is 0.231 e. The molecule has 0 saturated carbocycles. The Labute approximate surface area is 190 Å². The van der Waals surface area contributed by atoms with E-state index in [1.54, 1.807) is 0 Å². The van der Waals surface area contributed by atoms with E-state index in [2.05, 4.69) is 40.1 Å². The van der Waals surface area contributed by atoms with E-state index in [9.17, 15) is 5.11 Å². The average molecular weight is 455 g/mol. The molecule has 0 spiro atoms. The Hall–Kier alpha value is -1.54. The maximum Gasteiger partial charge on any atom is 0.231 e. The molecule has 30 heavy (non-hydrogen) atoms. The van der Waals surface area contributed by atoms with Crippen LogP contribution < -0.4 is 34.3 Å². The first kappa shape index (κ1) is 24.7. The molecule has 0 aliphatic carbocycles. The van der Waals surface area contributed by atoms with Gasteiger partial charge in [0.1, 0.15) is 0 Å². The summed E-state index contributed by atoms with van der Waals surface area (Å²) in [6.07, 6.45) is -0.477. The minimum atomic E-state index is -0.477. The zero-order chi connectivity index (χ0) is 19.2. The summed E-state index contributed by atoms with van der Waals surface area (Å²) in [7, 11) is 0. The van der Waals surface area contributed by atoms with Crippen molar-refractivity contribution in [3.05, 3.63) is 59.7 Å². The number of rotatable bonds is 8. The molecule has 166 valence electrons. The van der Waals surface area contributed by atoms with Crippen LogP contribution in [0, 0.1) is 0 Å². The topological polar surface area (TPSA) is 54.4 Å². The van der Waals surface area contributed by atoms with Gasteiger partial charge >= 0.3 is 0 Å². The van der Waals surface area contributed by atoms with E-state index in [1.165, 1.54) is 5.56 Å². The minimum Gasteiger partial charge on any atom is -1.00 e. The molecular weight excluding hydrogens is 427 g/mol. The summed E-state index contributed by atoms with van der Waals surface area (Å²) >= 11 is 0. The lowest BCUT2D eigenvalue weighted by Gasteiger charge is -2.35. The first-order valence-corrected chi connectivity index (χ1v) is 9.89. The third kappa shape index (κ3) is 7.01. The summed E-state index contributed by atoms with van der Waals surface area (Å²) in [6, 6.07) is 16.4. The van der Waals surface area contributed by atoms with Crippen LogP contribution in [-0.2, 0) is 17.9 Å². The van der Waals surface area contributed by atoms with Gasteiger partial charge in [0.25, 0.3) is 0 Å². The van der Waals surface area contributed by atoms with Crippen LogP contribution in [0.3, 0.4) is 0 Å². The molecular formula is C22H28Cl2N2O4-2. The van der Waals surface area contributed by atoms with Crippen molar-refractivity contribution in [3.8, 4) is 11.5 Å². The van der Waals surface area contributed by atoms with Crippen molar-refractivity contribution in [2.75, 3.05) is 46.1 Å². The van der Waals surface area contributed by atoms with E-state index in [0.717, 1.165) is 49.8 Å². The Morgan fingerprint density at radius 3 is 2.33 bits per heavy atom. The van der Waals surface area contributed by atoms with Crippen LogP contribution >= 0.6 is 0 Å². The Morgan fingerprint density at radius 2 is 1.57 bits per heavy atom. The third-order valence-corrected chi connectivity index (χ3v) is 5.20. The first-order chi connectivity index (χ1) is 13.8. The molecule has 1 fully saturated rings. The van der Waals surface area contributed by atoms with E-state index in [4.69, 9.17) is 14.2 Å². The van der Waals surface area contributed by atoms with Gasteiger partial charge in [-0.25, -0.2) is 0 Å². The van der Waals surface area contributed by atoms with Crippen LogP contribution in [0.5, 0.6) is 11.5 Å². The quantitative estimate of drug-likeness (QED) is 0.440. The maximum absolute atomic E-state index is 10.3. The van der Waals surface area contributed by atoms with Crippen LogP contribution in [0.25, 0.3) is 0 Å². The second-order valence-electron chi connectivity index (χ2n) is 7.42. The number of nitrogens with zero attached hydrogens (tertiary/aromatic N) is 2. The fourth-order valence-electron chi connectivity index (χ4n) is 3.67. The summed E-state index contributed by atoms with van der Waals surface area (Å²) in [5.41, 5.74) is 2.37. The Bertz CT molecular complexity index is 758. The number of piperazine rings is 1. The molecule has 2 heterocycles. The normalized spacial score (nSPS) is 17.1. The fraction of sp³-hybridized carbons (Fsp3) is 0.455. The summed E-state index contributed by atoms with van der Waals surface area (Å²) in [5, 5.41) is 10.3. The molecule has 0 bridgehead atoms. The van der Waals surface area contributed by atoms with E-state index in [1.807, 2.05) is 18.2 Å². The van der Waals surface area contributed by atoms with Crippen molar-refractivity contribution in [2.45, 2.75) is 19.3 Å². The molecule has 1 N–H and O–H groups in total. The second-order valence-corrected chi connectivity index (χ2v) is 7.42. The van der Waals surface area contributed by atoms with Crippen molar-refractivity contribution >= 4 is 0 Å². The number of β-amino-alcohol motifs (C(OH)–C–C–N with tert-alkyl or cyclic N) is 1. The van der Waals surface area contributed by atoms with Gasteiger partial charge in [-0.3, -0.25) is 9.80 Å². The van der Waals surface area contributed by atoms with Gasteiger partial charge in [0.2, 0.25) is 6.79 Å². The van der Waals surface area contributed by atoms with Crippen LogP contribution in [0.1, 0.15) is 11.1 Å². The summed E-state index contributed by atoms with van der Waals surface area (Å²) in [6.45, 7) is 6.72. The van der Waals surface area contributed by atoms with Gasteiger partial charge in [-0.05, 0) is 23.3 Å². The van der Waals surface area contributed by atoms with Gasteiger partial charge in [-0.15, -0.1) is 0 Å². The number of benzene rings is 2. The molecule has 6 nitrogen and oxygen atoms in total. The highest BCUT2D eigenvalue weighted by molar-refractivity contribution is 5.44. The molecule has 2 aliphatic heterocycles. The first-order valence-electron chi connectivity index (χ1n) is 9.89. The van der Waals surface area contributed by atoms with Crippen LogP contribution in [0.15, 0.2) is 48.5 Å². The highest BCUT2D eigenvalue weighted by atomic mass is 35.5. The van der Waals surface area contributed by atoms with Gasteiger partial charge in [0.05, 0.1) is 19.3 Å². The predicted molar refractivity (Wildman–Crippen MR) is 106 cm³/mol. The van der Waals surface area contributed by atoms with Crippen molar-refractivity contribution in [2.24, 2.45) is 0 Å². The van der Waals surface area contributed by atoms with Gasteiger partial charge in [0, 0.05) is 39.3 Å². The number of hydrogen-bond donors (Lipinski definition) is 1. The Balaban J connectivity index is 0.00000160. The van der Waals surface area contributed by atoms with Crippen molar-refractivity contribution in [3.63, 3.8) is 0 Å². The van der Waals surface area contributed by atoms with E-state index >= 15 is 0 Å². The SMILES string of the molecule is OC(COCc1ccc2c(c1)OCO2)CN1CCN(Cc2ccccc2)CC1.[Cl-].[Cl-]. The summed E-state index contributed by atoms with van der Waals surface area (Å²) in [5.74, 6) is 1.53. The molecule has 2 aliphatic rings. The molecule has 0 aromatic heterocycles. The zero-order valence-electron chi connectivity index (χ0n) is 16.9. The average Bonchev–Trinajstić information content (AvgIpc) is 3.18. The van der Waals surface area contributed by atoms with Gasteiger partial charge < -0.3 is 44.1 Å². The number of ether oxygens (including phenoxy) is 3. The molecule has 2 aromatic rings. The van der Waals surface area contributed by atoms with Crippen LogP contribution in [0.4, 0.5) is 0 Å². The molecule has 1 atom stereocenters. The third-order valence-electron chi connectivity index (χ3n) is 5.20. The molecule has 1 saturated heterocycles. The Kier molecular flexibility index (Phi) is 10.2. The van der Waals surface area contributed by atoms with Gasteiger partial charge in [0.15, 0.2) is 11.5 Å². The number of halogens is 2. The fourth-order valence-corrected chi connectivity index (χ4v) is 3.67. The largest absolute Gasteiger partial charge is 1.00 e. The van der Waals surface area contributed by atoms with Crippen molar-refractivity contribution < 1.29 is 44.1 Å². The molecule has 4 rings (SSSR count). The van der Waals surface area contributed by atoms with E-state index in [0.29, 0.717) is 19.8 Å². The molecule has 0 radical (unpaired) electrons. The maximum atomic E-state index is 10.3. The number of aliphatic hydroxyl groups is 1. The summed E-state index contributed by atoms with van der Waals surface area (Å²) in [4.78, 5) is 4.78. The molecule has 8 heteroatoms. The lowest BCUT2D eigenvalue weighted by atomic mass is 10.2. The number of aliphatic hydroxyl groups excluding tert-OH is 1. The summed E-state index contributed by atoms with van der Waals surface area (Å²) < 4.78 is 16.4. The highest BCUT2D eigenvalue weighted by Gasteiger charge is 2.19. The molecule has 2 aromatic carbocycles. The minimum absolute atomic E-state index is 0. The standard InChI is InChI=1S/C22H28N2O4.2ClH/c25-20(16-26-15-19-6-7-21-22(12-19)28-17-27-21)14-24-10-8-23(9-11-24)13-18-4-2-1-3-5-18;;/h1-7,12,20,25H,8-11,13-17H2;2*1H/p-2. The van der Waals surface area contributed by atoms with E-state index in [-0.39, 0.29) is 31.6 Å². The predicted octanol–water partition coefficient (Wildman–Crippen LogP) is -3.88. The lowest BCUT2D eigenvalue weighted by molar-refractivity contribution is -0.00100.